The quantitative estimate of drug-likeness (QED) is 0.679. The molecule has 0 bridgehead atoms. The largest absolute Gasteiger partial charge is 0.481 e. The third-order valence-corrected chi connectivity index (χ3v) is 5.16. The monoisotopic (exact) mass is 297 g/mol. The minimum absolute atomic E-state index is 0.0401. The highest BCUT2D eigenvalue weighted by molar-refractivity contribution is 5.85. The molecule has 5 heteroatoms. The van der Waals surface area contributed by atoms with Crippen LogP contribution in [-0.4, -0.2) is 34.2 Å². The van der Waals surface area contributed by atoms with E-state index in [1.807, 2.05) is 0 Å². The second kappa shape index (κ2) is 6.77. The van der Waals surface area contributed by atoms with Crippen LogP contribution in [0.15, 0.2) is 0 Å². The fourth-order valence-corrected chi connectivity index (χ4v) is 3.71. The maximum atomic E-state index is 12.1. The summed E-state index contributed by atoms with van der Waals surface area (Å²) in [6.45, 7) is 0.252. The number of hydrogen-bond donors (Lipinski definition) is 3. The Morgan fingerprint density at radius 1 is 0.905 bits per heavy atom. The van der Waals surface area contributed by atoms with Gasteiger partial charge >= 0.3 is 5.97 Å². The lowest BCUT2D eigenvalue weighted by Crippen LogP contribution is -2.43. The first-order chi connectivity index (χ1) is 9.96. The maximum absolute atomic E-state index is 12.1. The van der Waals surface area contributed by atoms with Crippen molar-refractivity contribution in [1.82, 2.24) is 5.32 Å². The Morgan fingerprint density at radius 2 is 1.43 bits per heavy atom. The van der Waals surface area contributed by atoms with Crippen LogP contribution in [0, 0.1) is 5.41 Å². The van der Waals surface area contributed by atoms with Gasteiger partial charge in [0.15, 0.2) is 0 Å². The first-order valence-corrected chi connectivity index (χ1v) is 8.18. The zero-order valence-corrected chi connectivity index (χ0v) is 12.7. The topological polar surface area (TPSA) is 86.6 Å². The number of amides is 1. The number of carbonyl (C=O) groups is 2. The van der Waals surface area contributed by atoms with E-state index in [1.54, 1.807) is 0 Å². The molecule has 0 unspecified atom stereocenters. The summed E-state index contributed by atoms with van der Waals surface area (Å²) in [5.74, 6) is -1.08. The zero-order chi connectivity index (χ0) is 15.3. The highest BCUT2D eigenvalue weighted by atomic mass is 16.4. The second-order valence-electron chi connectivity index (χ2n) is 6.88. The van der Waals surface area contributed by atoms with Gasteiger partial charge in [0, 0.05) is 13.0 Å². The third kappa shape index (κ3) is 4.19. The van der Waals surface area contributed by atoms with E-state index < -0.39 is 17.0 Å². The van der Waals surface area contributed by atoms with Gasteiger partial charge in [-0.2, -0.15) is 0 Å². The first kappa shape index (κ1) is 16.3. The number of aliphatic hydroxyl groups is 1. The van der Waals surface area contributed by atoms with Crippen LogP contribution >= 0.6 is 0 Å². The number of aliphatic carboxylic acids is 1. The lowest BCUT2D eigenvalue weighted by atomic mass is 9.77. The van der Waals surface area contributed by atoms with E-state index in [4.69, 9.17) is 0 Å². The summed E-state index contributed by atoms with van der Waals surface area (Å²) < 4.78 is 0. The third-order valence-electron chi connectivity index (χ3n) is 5.16. The van der Waals surface area contributed by atoms with Crippen LogP contribution < -0.4 is 5.32 Å². The molecule has 0 aromatic heterocycles. The molecule has 0 spiro atoms. The number of carbonyl (C=O) groups excluding carboxylic acids is 1. The summed E-state index contributed by atoms with van der Waals surface area (Å²) in [6, 6.07) is 0. The molecule has 1 amide bonds. The van der Waals surface area contributed by atoms with Crippen molar-refractivity contribution in [3.8, 4) is 0 Å². The van der Waals surface area contributed by atoms with Crippen molar-refractivity contribution in [2.75, 3.05) is 6.54 Å². The molecule has 2 fully saturated rings. The van der Waals surface area contributed by atoms with Crippen molar-refractivity contribution in [3.63, 3.8) is 0 Å². The van der Waals surface area contributed by atoms with E-state index >= 15 is 0 Å². The van der Waals surface area contributed by atoms with Crippen LogP contribution in [0.2, 0.25) is 0 Å². The van der Waals surface area contributed by atoms with Gasteiger partial charge in [0.05, 0.1) is 11.0 Å². The van der Waals surface area contributed by atoms with Gasteiger partial charge in [0.1, 0.15) is 0 Å². The molecule has 0 aromatic rings. The molecule has 0 radical (unpaired) electrons. The number of carboxylic acids is 1. The fraction of sp³-hybridized carbons (Fsp3) is 0.875. The summed E-state index contributed by atoms with van der Waals surface area (Å²) in [6.07, 6.45) is 8.49. The van der Waals surface area contributed by atoms with Crippen LogP contribution in [0.25, 0.3) is 0 Å². The normalized spacial score (nSPS) is 24.2. The average Bonchev–Trinajstić information content (AvgIpc) is 2.72. The first-order valence-electron chi connectivity index (χ1n) is 8.18. The molecule has 3 N–H and O–H groups in total. The van der Waals surface area contributed by atoms with E-state index in [9.17, 15) is 19.8 Å². The van der Waals surface area contributed by atoms with Gasteiger partial charge in [-0.3, -0.25) is 9.59 Å². The predicted octanol–water partition coefficient (Wildman–Crippen LogP) is 2.22. The molecule has 2 aliphatic rings. The SMILES string of the molecule is O=C(CC1(C(=O)O)CCCCCC1)NCC1(O)CCCC1. The molecule has 5 nitrogen and oxygen atoms in total. The Balaban J connectivity index is 1.90. The minimum atomic E-state index is -0.904. The van der Waals surface area contributed by atoms with Gasteiger partial charge in [-0.1, -0.05) is 38.5 Å². The van der Waals surface area contributed by atoms with E-state index in [-0.39, 0.29) is 18.9 Å². The predicted molar refractivity (Wildman–Crippen MR) is 78.8 cm³/mol. The summed E-state index contributed by atoms with van der Waals surface area (Å²) >= 11 is 0. The molecule has 2 rings (SSSR count). The molecule has 0 aromatic carbocycles. The second-order valence-corrected chi connectivity index (χ2v) is 6.88. The number of nitrogens with one attached hydrogen (secondary N) is 1. The van der Waals surface area contributed by atoms with E-state index in [2.05, 4.69) is 5.32 Å². The zero-order valence-electron chi connectivity index (χ0n) is 12.7. The molecule has 21 heavy (non-hydrogen) atoms. The Morgan fingerprint density at radius 3 is 1.95 bits per heavy atom. The lowest BCUT2D eigenvalue weighted by molar-refractivity contribution is -0.153. The van der Waals surface area contributed by atoms with Crippen molar-refractivity contribution in [3.05, 3.63) is 0 Å². The Labute approximate surface area is 126 Å². The molecule has 0 atom stereocenters. The molecule has 0 aliphatic heterocycles. The highest BCUT2D eigenvalue weighted by Gasteiger charge is 2.41. The van der Waals surface area contributed by atoms with Crippen molar-refractivity contribution >= 4 is 11.9 Å². The average molecular weight is 297 g/mol. The number of hydrogen-bond acceptors (Lipinski definition) is 3. The van der Waals surface area contributed by atoms with Crippen LogP contribution in [0.4, 0.5) is 0 Å². The van der Waals surface area contributed by atoms with Gasteiger partial charge in [-0.15, -0.1) is 0 Å². The summed E-state index contributed by atoms with van der Waals surface area (Å²) in [5, 5.41) is 22.6. The van der Waals surface area contributed by atoms with Gasteiger partial charge in [0.25, 0.3) is 0 Å². The van der Waals surface area contributed by atoms with Gasteiger partial charge in [0.2, 0.25) is 5.91 Å². The van der Waals surface area contributed by atoms with Crippen LogP contribution in [-0.2, 0) is 9.59 Å². The molecule has 0 heterocycles. The standard InChI is InChI=1S/C16H27NO4/c18-13(17-12-16(21)9-5-6-10-16)11-15(14(19)20)7-3-1-2-4-8-15/h21H,1-12H2,(H,17,18)(H,19,20). The Hall–Kier alpha value is -1.10. The van der Waals surface area contributed by atoms with Crippen LogP contribution in [0.1, 0.15) is 70.6 Å². The van der Waals surface area contributed by atoms with Crippen molar-refractivity contribution < 1.29 is 19.8 Å². The highest BCUT2D eigenvalue weighted by Crippen LogP contribution is 2.38. The Bertz CT molecular complexity index is 380. The Kier molecular flexibility index (Phi) is 5.25. The lowest BCUT2D eigenvalue weighted by Gasteiger charge is -2.28. The van der Waals surface area contributed by atoms with Crippen molar-refractivity contribution in [2.45, 2.75) is 76.2 Å². The van der Waals surface area contributed by atoms with Crippen LogP contribution in [0.5, 0.6) is 0 Å². The van der Waals surface area contributed by atoms with Gasteiger partial charge < -0.3 is 15.5 Å². The van der Waals surface area contributed by atoms with E-state index in [0.29, 0.717) is 12.8 Å². The molecular formula is C16H27NO4. The van der Waals surface area contributed by atoms with Crippen molar-refractivity contribution in [1.29, 1.82) is 0 Å². The number of carboxylic acid groups (broad SMARTS) is 1. The summed E-state index contributed by atoms with van der Waals surface area (Å²) in [7, 11) is 0. The summed E-state index contributed by atoms with van der Waals surface area (Å²) in [5.41, 5.74) is -1.69. The maximum Gasteiger partial charge on any atom is 0.310 e. The van der Waals surface area contributed by atoms with E-state index in [0.717, 1.165) is 51.4 Å². The molecule has 0 saturated heterocycles. The van der Waals surface area contributed by atoms with Gasteiger partial charge in [-0.25, -0.2) is 0 Å². The smallest absolute Gasteiger partial charge is 0.310 e. The van der Waals surface area contributed by atoms with Crippen molar-refractivity contribution in [2.24, 2.45) is 5.41 Å². The molecule has 2 saturated carbocycles. The molecule has 2 aliphatic carbocycles. The fourth-order valence-electron chi connectivity index (χ4n) is 3.71. The van der Waals surface area contributed by atoms with E-state index in [1.165, 1.54) is 0 Å². The van der Waals surface area contributed by atoms with Gasteiger partial charge in [-0.05, 0) is 25.7 Å². The van der Waals surface area contributed by atoms with Crippen LogP contribution in [0.3, 0.4) is 0 Å². The molecular weight excluding hydrogens is 270 g/mol. The molecule has 120 valence electrons. The minimum Gasteiger partial charge on any atom is -0.481 e. The number of rotatable bonds is 5. The summed E-state index contributed by atoms with van der Waals surface area (Å²) in [4.78, 5) is 23.8.